The molecule has 6 heteroatoms. The van der Waals surface area contributed by atoms with Gasteiger partial charge in [-0.3, -0.25) is 4.79 Å². The topological polar surface area (TPSA) is 55.8 Å². The zero-order valence-electron chi connectivity index (χ0n) is 15.4. The number of aryl methyl sites for hydroxylation is 1. The second kappa shape index (κ2) is 8.00. The van der Waals surface area contributed by atoms with Crippen LogP contribution in [0.3, 0.4) is 0 Å². The van der Waals surface area contributed by atoms with Crippen LogP contribution in [0, 0.1) is 5.82 Å². The van der Waals surface area contributed by atoms with Gasteiger partial charge in [0.1, 0.15) is 17.3 Å². The smallest absolute Gasteiger partial charge is 0.303 e. The minimum absolute atomic E-state index is 0.0505. The van der Waals surface area contributed by atoms with Crippen molar-refractivity contribution < 1.29 is 23.8 Å². The van der Waals surface area contributed by atoms with Gasteiger partial charge in [-0.05, 0) is 67.9 Å². The number of carboxylic acid groups (broad SMARTS) is 1. The van der Waals surface area contributed by atoms with Crippen LogP contribution in [0.5, 0.6) is 11.5 Å². The molecule has 4 nitrogen and oxygen atoms in total. The van der Waals surface area contributed by atoms with E-state index in [1.807, 2.05) is 12.1 Å². The lowest BCUT2D eigenvalue weighted by atomic mass is 9.95. The van der Waals surface area contributed by atoms with E-state index >= 15 is 0 Å². The molecule has 2 aromatic carbocycles. The molecule has 1 aliphatic heterocycles. The number of halogens is 2. The van der Waals surface area contributed by atoms with Crippen molar-refractivity contribution in [3.05, 3.63) is 46.7 Å². The summed E-state index contributed by atoms with van der Waals surface area (Å²) >= 11 is 6.11. The average Bonchev–Trinajstić information content (AvgIpc) is 2.65. The number of ether oxygens (including phenoxy) is 2. The zero-order valence-corrected chi connectivity index (χ0v) is 16.2. The second-order valence-electron chi connectivity index (χ2n) is 7.47. The third-order valence-electron chi connectivity index (χ3n) is 5.44. The number of benzene rings is 2. The van der Waals surface area contributed by atoms with Gasteiger partial charge in [-0.1, -0.05) is 17.7 Å². The molecule has 4 rings (SSSR count). The first-order valence-electron chi connectivity index (χ1n) is 9.67. The molecule has 0 radical (unpaired) electrons. The molecule has 2 aromatic rings. The van der Waals surface area contributed by atoms with Crippen molar-refractivity contribution in [3.63, 3.8) is 0 Å². The predicted molar refractivity (Wildman–Crippen MR) is 105 cm³/mol. The molecule has 0 spiro atoms. The van der Waals surface area contributed by atoms with E-state index in [9.17, 15) is 9.18 Å². The Hall–Kier alpha value is -2.27. The third kappa shape index (κ3) is 4.09. The molecule has 1 N–H and O–H groups in total. The first kappa shape index (κ1) is 19.1. The van der Waals surface area contributed by atoms with Crippen LogP contribution in [0.1, 0.15) is 44.1 Å². The highest BCUT2D eigenvalue weighted by Gasteiger charge is 2.23. The fourth-order valence-corrected chi connectivity index (χ4v) is 3.83. The minimum Gasteiger partial charge on any atom is -0.490 e. The van der Waals surface area contributed by atoms with Crippen molar-refractivity contribution in [1.29, 1.82) is 0 Å². The molecule has 148 valence electrons. The molecule has 0 unspecified atom stereocenters. The molecule has 0 saturated heterocycles. The first-order chi connectivity index (χ1) is 13.5. The van der Waals surface area contributed by atoms with Crippen molar-refractivity contribution in [3.8, 4) is 22.6 Å². The largest absolute Gasteiger partial charge is 0.490 e. The Labute approximate surface area is 168 Å². The fraction of sp³-hybridized carbons (Fsp3) is 0.409. The number of hydrogen-bond acceptors (Lipinski definition) is 3. The van der Waals surface area contributed by atoms with Crippen molar-refractivity contribution in [1.82, 2.24) is 0 Å². The Morgan fingerprint density at radius 1 is 1.25 bits per heavy atom. The van der Waals surface area contributed by atoms with Gasteiger partial charge >= 0.3 is 5.97 Å². The molecule has 1 heterocycles. The highest BCUT2D eigenvalue weighted by atomic mass is 35.5. The molecule has 2 aliphatic rings. The summed E-state index contributed by atoms with van der Waals surface area (Å²) in [5.74, 6) is 0.0484. The maximum absolute atomic E-state index is 14.7. The highest BCUT2D eigenvalue weighted by Crippen LogP contribution is 2.38. The normalized spacial score (nSPS) is 18.7. The third-order valence-corrected chi connectivity index (χ3v) is 5.71. The van der Waals surface area contributed by atoms with Crippen LogP contribution in [0.4, 0.5) is 4.39 Å². The Bertz CT molecular complexity index is 894. The van der Waals surface area contributed by atoms with Gasteiger partial charge in [-0.15, -0.1) is 0 Å². The van der Waals surface area contributed by atoms with Crippen LogP contribution < -0.4 is 9.47 Å². The van der Waals surface area contributed by atoms with Gasteiger partial charge in [0.15, 0.2) is 0 Å². The number of aliphatic carboxylic acids is 1. The summed E-state index contributed by atoms with van der Waals surface area (Å²) in [7, 11) is 0. The van der Waals surface area contributed by atoms with Gasteiger partial charge in [-0.25, -0.2) is 4.39 Å². The second-order valence-corrected chi connectivity index (χ2v) is 7.88. The molecule has 28 heavy (non-hydrogen) atoms. The van der Waals surface area contributed by atoms with E-state index in [4.69, 9.17) is 26.2 Å². The van der Waals surface area contributed by atoms with E-state index in [2.05, 4.69) is 0 Å². The average molecular weight is 405 g/mol. The predicted octanol–water partition coefficient (Wildman–Crippen LogP) is 5.64. The molecule has 0 amide bonds. The van der Waals surface area contributed by atoms with E-state index in [1.165, 1.54) is 6.07 Å². The summed E-state index contributed by atoms with van der Waals surface area (Å²) in [6.07, 6.45) is 5.38. The van der Waals surface area contributed by atoms with Crippen LogP contribution in [0.25, 0.3) is 11.1 Å². The first-order valence-corrected chi connectivity index (χ1v) is 10.0. The Morgan fingerprint density at radius 3 is 2.79 bits per heavy atom. The summed E-state index contributed by atoms with van der Waals surface area (Å²) in [6, 6.07) is 8.79. The monoisotopic (exact) mass is 404 g/mol. The van der Waals surface area contributed by atoms with Crippen molar-refractivity contribution >= 4 is 17.6 Å². The van der Waals surface area contributed by atoms with Crippen LogP contribution in [0.2, 0.25) is 5.02 Å². The van der Waals surface area contributed by atoms with E-state index in [1.54, 1.807) is 12.1 Å². The van der Waals surface area contributed by atoms with E-state index < -0.39 is 11.8 Å². The number of carboxylic acids is 1. The Morgan fingerprint density at radius 2 is 2.07 bits per heavy atom. The Kier molecular flexibility index (Phi) is 5.44. The molecule has 0 aromatic heterocycles. The summed E-state index contributed by atoms with van der Waals surface area (Å²) in [6.45, 7) is 0. The van der Waals surface area contributed by atoms with Gasteiger partial charge in [0.25, 0.3) is 0 Å². The molecule has 1 aliphatic carbocycles. The maximum Gasteiger partial charge on any atom is 0.303 e. The minimum atomic E-state index is -0.818. The van der Waals surface area contributed by atoms with Crippen molar-refractivity contribution in [2.24, 2.45) is 0 Å². The van der Waals surface area contributed by atoms with Gasteiger partial charge in [0, 0.05) is 18.1 Å². The van der Waals surface area contributed by atoms with Crippen LogP contribution in [-0.2, 0) is 11.2 Å². The zero-order chi connectivity index (χ0) is 19.7. The summed E-state index contributed by atoms with van der Waals surface area (Å²) in [4.78, 5) is 10.8. The van der Waals surface area contributed by atoms with E-state index in [0.29, 0.717) is 17.7 Å². The Balaban J connectivity index is 1.56. The number of carbonyl (C=O) groups is 1. The van der Waals surface area contributed by atoms with E-state index in [0.717, 1.165) is 49.0 Å². The lowest BCUT2D eigenvalue weighted by Gasteiger charge is -2.27. The lowest BCUT2D eigenvalue weighted by Crippen LogP contribution is -2.24. The van der Waals surface area contributed by atoms with Gasteiger partial charge in [-0.2, -0.15) is 0 Å². The molecule has 1 saturated carbocycles. The molecule has 1 fully saturated rings. The van der Waals surface area contributed by atoms with Gasteiger partial charge in [0.2, 0.25) is 0 Å². The highest BCUT2D eigenvalue weighted by molar-refractivity contribution is 6.31. The molecule has 0 bridgehead atoms. The standard InChI is InChI=1S/C22H22ClFO4/c23-19-12-17(27-15-2-1-3-15)11-18(22(19)24)13-5-8-20-14(10-13)4-6-16(28-20)7-9-21(25)26/h5,8,10-12,15-16H,1-4,6-7,9H2,(H,25,26)/t16-/m1/s1. The number of hydrogen-bond donors (Lipinski definition) is 1. The number of rotatable bonds is 6. The summed E-state index contributed by atoms with van der Waals surface area (Å²) in [5.41, 5.74) is 2.13. The number of fused-ring (bicyclic) bond motifs is 1. The fourth-order valence-electron chi connectivity index (χ4n) is 3.62. The molecule has 1 atom stereocenters. The summed E-state index contributed by atoms with van der Waals surface area (Å²) < 4.78 is 26.5. The van der Waals surface area contributed by atoms with Crippen molar-refractivity contribution in [2.45, 2.75) is 57.2 Å². The van der Waals surface area contributed by atoms with Crippen LogP contribution in [0.15, 0.2) is 30.3 Å². The van der Waals surface area contributed by atoms with E-state index in [-0.39, 0.29) is 23.7 Å². The molecular weight excluding hydrogens is 383 g/mol. The SMILES string of the molecule is O=C(O)CC[C@H]1CCc2cc(-c3cc(OC4CCC4)cc(Cl)c3F)ccc2O1. The molecular formula is C22H22ClFO4. The van der Waals surface area contributed by atoms with Crippen molar-refractivity contribution in [2.75, 3.05) is 0 Å². The van der Waals surface area contributed by atoms with Gasteiger partial charge < -0.3 is 14.6 Å². The summed E-state index contributed by atoms with van der Waals surface area (Å²) in [5, 5.41) is 8.89. The van der Waals surface area contributed by atoms with Gasteiger partial charge in [0.05, 0.1) is 17.2 Å². The quantitative estimate of drug-likeness (QED) is 0.677. The van der Waals surface area contributed by atoms with Crippen LogP contribution in [-0.4, -0.2) is 23.3 Å². The lowest BCUT2D eigenvalue weighted by molar-refractivity contribution is -0.137. The van der Waals surface area contributed by atoms with Crippen LogP contribution >= 0.6 is 11.6 Å². The maximum atomic E-state index is 14.7.